The number of hydrogen-bond acceptors (Lipinski definition) is 4. The molecule has 3 aliphatic rings. The fourth-order valence-electron chi connectivity index (χ4n) is 2.91. The lowest BCUT2D eigenvalue weighted by Crippen LogP contribution is -2.54. The van der Waals surface area contributed by atoms with Crippen molar-refractivity contribution in [3.05, 3.63) is 0 Å². The van der Waals surface area contributed by atoms with E-state index in [0.717, 1.165) is 45.7 Å². The molecule has 0 aromatic heterocycles. The van der Waals surface area contributed by atoms with E-state index in [4.69, 9.17) is 0 Å². The molecule has 1 saturated carbocycles. The molecule has 1 aliphatic carbocycles. The van der Waals surface area contributed by atoms with Crippen molar-refractivity contribution in [3.8, 4) is 0 Å². The largest absolute Gasteiger partial charge is 0.327 e. The van der Waals surface area contributed by atoms with Crippen LogP contribution in [-0.4, -0.2) is 79.1 Å². The molecule has 5 heteroatoms. The Hall–Kier alpha value is -0.650. The maximum absolute atomic E-state index is 12.2. The van der Waals surface area contributed by atoms with Crippen LogP contribution < -0.4 is 5.32 Å². The maximum Gasteiger partial charge on any atom is 0.244 e. The smallest absolute Gasteiger partial charge is 0.244 e. The Labute approximate surface area is 103 Å². The highest BCUT2D eigenvalue weighted by molar-refractivity contribution is 5.91. The first kappa shape index (κ1) is 11.4. The number of nitrogens with zero attached hydrogens (tertiary/aromatic N) is 3. The zero-order valence-corrected chi connectivity index (χ0v) is 10.8. The summed E-state index contributed by atoms with van der Waals surface area (Å²) in [6.45, 7) is 4.90. The van der Waals surface area contributed by atoms with Gasteiger partial charge in [0.25, 0.3) is 0 Å². The fourth-order valence-corrected chi connectivity index (χ4v) is 2.91. The average Bonchev–Trinajstić information content (AvgIpc) is 3.03. The molecule has 1 spiro atoms. The van der Waals surface area contributed by atoms with Crippen molar-refractivity contribution in [1.29, 1.82) is 0 Å². The number of amides is 1. The summed E-state index contributed by atoms with van der Waals surface area (Å²) in [7, 11) is 4.32. The molecule has 1 amide bonds. The van der Waals surface area contributed by atoms with Gasteiger partial charge in [-0.05, 0) is 26.9 Å². The van der Waals surface area contributed by atoms with Gasteiger partial charge in [0.15, 0.2) is 0 Å². The molecule has 96 valence electrons. The third-order valence-electron chi connectivity index (χ3n) is 4.47. The summed E-state index contributed by atoms with van der Waals surface area (Å²) in [5.74, 6) is 0.333. The highest BCUT2D eigenvalue weighted by atomic mass is 16.2. The molecular formula is C12H22N4O. The molecule has 0 aromatic carbocycles. The van der Waals surface area contributed by atoms with E-state index in [0.29, 0.717) is 11.9 Å². The lowest BCUT2D eigenvalue weighted by atomic mass is 10.1. The van der Waals surface area contributed by atoms with Crippen LogP contribution >= 0.6 is 0 Å². The quantitative estimate of drug-likeness (QED) is 0.680. The predicted octanol–water partition coefficient (Wildman–Crippen LogP) is -0.846. The van der Waals surface area contributed by atoms with Crippen molar-refractivity contribution < 1.29 is 4.79 Å². The number of piperazine rings is 1. The Bertz CT molecular complexity index is 328. The van der Waals surface area contributed by atoms with Gasteiger partial charge in [0.05, 0.1) is 12.2 Å². The van der Waals surface area contributed by atoms with Gasteiger partial charge in [-0.15, -0.1) is 0 Å². The third kappa shape index (κ3) is 1.96. The Morgan fingerprint density at radius 3 is 2.76 bits per heavy atom. The van der Waals surface area contributed by atoms with Crippen LogP contribution in [-0.2, 0) is 4.79 Å². The molecule has 3 fully saturated rings. The highest BCUT2D eigenvalue weighted by Gasteiger charge is 2.55. The summed E-state index contributed by atoms with van der Waals surface area (Å²) in [6, 6.07) is 0.480. The number of carbonyl (C=O) groups is 1. The van der Waals surface area contributed by atoms with Gasteiger partial charge in [-0.2, -0.15) is 0 Å². The van der Waals surface area contributed by atoms with Crippen molar-refractivity contribution in [2.24, 2.45) is 0 Å². The Balaban J connectivity index is 1.61. The van der Waals surface area contributed by atoms with E-state index in [1.807, 2.05) is 4.90 Å². The normalized spacial score (nSPS) is 33.6. The van der Waals surface area contributed by atoms with Crippen LogP contribution in [0.5, 0.6) is 0 Å². The van der Waals surface area contributed by atoms with Gasteiger partial charge in [-0.3, -0.25) is 15.0 Å². The summed E-state index contributed by atoms with van der Waals surface area (Å²) >= 11 is 0. The summed E-state index contributed by atoms with van der Waals surface area (Å²) in [4.78, 5) is 18.9. The SMILES string of the molecule is CN1CCN(C)C(CN2CNC3(CC3)C2=O)C1. The molecular weight excluding hydrogens is 216 g/mol. The monoisotopic (exact) mass is 238 g/mol. The van der Waals surface area contributed by atoms with E-state index >= 15 is 0 Å². The van der Waals surface area contributed by atoms with Crippen LogP contribution in [0.25, 0.3) is 0 Å². The summed E-state index contributed by atoms with van der Waals surface area (Å²) in [6.07, 6.45) is 2.06. The number of likely N-dealkylation sites (N-methyl/N-ethyl adjacent to an activating group) is 2. The second-order valence-electron chi connectivity index (χ2n) is 5.84. The summed E-state index contributed by atoms with van der Waals surface area (Å²) in [5.41, 5.74) is -0.140. The van der Waals surface area contributed by atoms with Crippen molar-refractivity contribution in [1.82, 2.24) is 20.0 Å². The minimum Gasteiger partial charge on any atom is -0.327 e. The van der Waals surface area contributed by atoms with E-state index in [9.17, 15) is 4.79 Å². The second kappa shape index (κ2) is 3.93. The number of nitrogens with one attached hydrogen (secondary N) is 1. The van der Waals surface area contributed by atoms with E-state index in [2.05, 4.69) is 29.2 Å². The molecule has 0 aromatic rings. The van der Waals surface area contributed by atoms with Gasteiger partial charge < -0.3 is 9.80 Å². The third-order valence-corrected chi connectivity index (χ3v) is 4.47. The summed E-state index contributed by atoms with van der Waals surface area (Å²) < 4.78 is 0. The van der Waals surface area contributed by atoms with Crippen LogP contribution in [0.3, 0.4) is 0 Å². The highest BCUT2D eigenvalue weighted by Crippen LogP contribution is 2.40. The molecule has 0 bridgehead atoms. The molecule has 5 nitrogen and oxygen atoms in total. The van der Waals surface area contributed by atoms with Gasteiger partial charge in [-0.1, -0.05) is 0 Å². The maximum atomic E-state index is 12.2. The zero-order chi connectivity index (χ0) is 12.0. The Morgan fingerprint density at radius 1 is 1.35 bits per heavy atom. The van der Waals surface area contributed by atoms with Gasteiger partial charge in [0, 0.05) is 32.2 Å². The molecule has 1 unspecified atom stereocenters. The van der Waals surface area contributed by atoms with E-state index in [1.54, 1.807) is 0 Å². The van der Waals surface area contributed by atoms with Gasteiger partial charge in [0.2, 0.25) is 5.91 Å². The van der Waals surface area contributed by atoms with Crippen LogP contribution in [0.4, 0.5) is 0 Å². The van der Waals surface area contributed by atoms with E-state index < -0.39 is 0 Å². The number of hydrogen-bond donors (Lipinski definition) is 1. The predicted molar refractivity (Wildman–Crippen MR) is 65.6 cm³/mol. The standard InChI is InChI=1S/C12H22N4O/c1-14-5-6-15(2)10(7-14)8-16-9-13-12(3-4-12)11(16)17/h10,13H,3-9H2,1-2H3. The first-order valence-electron chi connectivity index (χ1n) is 6.54. The first-order valence-corrected chi connectivity index (χ1v) is 6.54. The van der Waals surface area contributed by atoms with Crippen LogP contribution in [0.1, 0.15) is 12.8 Å². The van der Waals surface area contributed by atoms with E-state index in [-0.39, 0.29) is 5.54 Å². The molecule has 17 heavy (non-hydrogen) atoms. The molecule has 1 N–H and O–H groups in total. The Kier molecular flexibility index (Phi) is 2.65. The fraction of sp³-hybridized carbons (Fsp3) is 0.917. The zero-order valence-electron chi connectivity index (χ0n) is 10.8. The second-order valence-corrected chi connectivity index (χ2v) is 5.84. The van der Waals surface area contributed by atoms with Gasteiger partial charge in [-0.25, -0.2) is 0 Å². The summed E-state index contributed by atoms with van der Waals surface area (Å²) in [5, 5.41) is 3.37. The van der Waals surface area contributed by atoms with Crippen LogP contribution in [0.2, 0.25) is 0 Å². The molecule has 2 aliphatic heterocycles. The molecule has 0 radical (unpaired) electrons. The molecule has 1 atom stereocenters. The lowest BCUT2D eigenvalue weighted by molar-refractivity contribution is -0.130. The van der Waals surface area contributed by atoms with Crippen molar-refractivity contribution in [2.75, 3.05) is 46.9 Å². The lowest BCUT2D eigenvalue weighted by Gasteiger charge is -2.39. The first-order chi connectivity index (χ1) is 8.11. The minimum absolute atomic E-state index is 0.140. The molecule has 2 heterocycles. The topological polar surface area (TPSA) is 38.8 Å². The van der Waals surface area contributed by atoms with Crippen LogP contribution in [0.15, 0.2) is 0 Å². The number of carbonyl (C=O) groups excluding carboxylic acids is 1. The number of rotatable bonds is 2. The van der Waals surface area contributed by atoms with Crippen LogP contribution in [0, 0.1) is 0 Å². The van der Waals surface area contributed by atoms with Gasteiger partial charge >= 0.3 is 0 Å². The van der Waals surface area contributed by atoms with Crippen molar-refractivity contribution in [3.63, 3.8) is 0 Å². The van der Waals surface area contributed by atoms with Gasteiger partial charge in [0.1, 0.15) is 0 Å². The molecule has 2 saturated heterocycles. The average molecular weight is 238 g/mol. The van der Waals surface area contributed by atoms with Crippen molar-refractivity contribution in [2.45, 2.75) is 24.4 Å². The van der Waals surface area contributed by atoms with E-state index in [1.165, 1.54) is 0 Å². The Morgan fingerprint density at radius 2 is 2.12 bits per heavy atom. The molecule has 3 rings (SSSR count). The van der Waals surface area contributed by atoms with Crippen molar-refractivity contribution >= 4 is 5.91 Å². The minimum atomic E-state index is -0.140.